The number of hydrogen-bond acceptors (Lipinski definition) is 2. The highest BCUT2D eigenvalue weighted by molar-refractivity contribution is 9.10. The van der Waals surface area contributed by atoms with E-state index in [1.165, 1.54) is 21.3 Å². The zero-order valence-electron chi connectivity index (χ0n) is 10.5. The van der Waals surface area contributed by atoms with Crippen LogP contribution in [0.15, 0.2) is 46.3 Å². The summed E-state index contributed by atoms with van der Waals surface area (Å²) in [6, 6.07) is 13.0. The van der Waals surface area contributed by atoms with E-state index in [-0.39, 0.29) is 0 Å². The first-order chi connectivity index (χ1) is 8.79. The Bertz CT molecular complexity index is 466. The van der Waals surface area contributed by atoms with Crippen molar-refractivity contribution >= 4 is 27.3 Å². The molecule has 3 heteroatoms. The molecule has 0 amide bonds. The highest BCUT2D eigenvalue weighted by atomic mass is 79.9. The molecule has 1 N–H and O–H groups in total. The van der Waals surface area contributed by atoms with Gasteiger partial charge in [-0.15, -0.1) is 11.3 Å². The van der Waals surface area contributed by atoms with Crippen molar-refractivity contribution in [3.8, 4) is 0 Å². The lowest BCUT2D eigenvalue weighted by Crippen LogP contribution is -2.17. The van der Waals surface area contributed by atoms with Gasteiger partial charge < -0.3 is 5.32 Å². The molecular weight excluding hydrogens is 306 g/mol. The molecule has 0 aliphatic rings. The van der Waals surface area contributed by atoms with Gasteiger partial charge in [0.25, 0.3) is 0 Å². The maximum absolute atomic E-state index is 3.51. The summed E-state index contributed by atoms with van der Waals surface area (Å²) in [7, 11) is 2.03. The van der Waals surface area contributed by atoms with Crippen LogP contribution in [0.5, 0.6) is 0 Å². The molecular formula is C15H18BrNS. The minimum absolute atomic E-state index is 0.595. The molecule has 0 saturated heterocycles. The highest BCUT2D eigenvalue weighted by Crippen LogP contribution is 2.25. The molecule has 2 rings (SSSR count). The van der Waals surface area contributed by atoms with Crippen LogP contribution in [0.1, 0.15) is 22.8 Å². The first-order valence-electron chi connectivity index (χ1n) is 6.22. The Morgan fingerprint density at radius 2 is 2.06 bits per heavy atom. The second-order valence-corrected chi connectivity index (χ2v) is 6.35. The Balaban J connectivity index is 1.98. The van der Waals surface area contributed by atoms with Crippen LogP contribution in [0.25, 0.3) is 0 Å². The molecule has 96 valence electrons. The summed E-state index contributed by atoms with van der Waals surface area (Å²) >= 11 is 5.35. The molecule has 0 bridgehead atoms. The molecule has 0 aliphatic carbocycles. The van der Waals surface area contributed by atoms with Gasteiger partial charge in [0.1, 0.15) is 0 Å². The smallest absolute Gasteiger partial charge is 0.0285 e. The average molecular weight is 324 g/mol. The summed E-state index contributed by atoms with van der Waals surface area (Å²) in [6.07, 6.45) is 2.34. The summed E-state index contributed by atoms with van der Waals surface area (Å²) in [5.41, 5.74) is 1.43. The maximum Gasteiger partial charge on any atom is 0.0285 e. The number of rotatable bonds is 6. The summed E-state index contributed by atoms with van der Waals surface area (Å²) in [6.45, 7) is 1.04. The molecule has 1 aromatic heterocycles. The Kier molecular flexibility index (Phi) is 5.42. The molecule has 0 saturated carbocycles. The lowest BCUT2D eigenvalue weighted by atomic mass is 9.94. The molecule has 1 unspecified atom stereocenters. The molecule has 0 fully saturated rings. The second-order valence-electron chi connectivity index (χ2n) is 4.44. The summed E-state index contributed by atoms with van der Waals surface area (Å²) in [5, 5.41) is 5.46. The summed E-state index contributed by atoms with van der Waals surface area (Å²) < 4.78 is 1.20. The van der Waals surface area contributed by atoms with E-state index in [9.17, 15) is 0 Å². The fourth-order valence-electron chi connectivity index (χ4n) is 2.16. The summed E-state index contributed by atoms with van der Waals surface area (Å²) in [5.74, 6) is 0.595. The molecule has 1 heterocycles. The largest absolute Gasteiger partial charge is 0.319 e. The quantitative estimate of drug-likeness (QED) is 0.828. The third-order valence-corrected chi connectivity index (χ3v) is 4.84. The van der Waals surface area contributed by atoms with E-state index in [2.05, 4.69) is 63.0 Å². The second kappa shape index (κ2) is 7.07. The van der Waals surface area contributed by atoms with Gasteiger partial charge in [-0.3, -0.25) is 0 Å². The highest BCUT2D eigenvalue weighted by Gasteiger charge is 2.11. The van der Waals surface area contributed by atoms with Crippen molar-refractivity contribution in [1.29, 1.82) is 0 Å². The zero-order valence-corrected chi connectivity index (χ0v) is 12.9. The zero-order chi connectivity index (χ0) is 12.8. The minimum atomic E-state index is 0.595. The van der Waals surface area contributed by atoms with Crippen molar-refractivity contribution in [3.05, 3.63) is 56.7 Å². The molecule has 0 radical (unpaired) electrons. The van der Waals surface area contributed by atoms with E-state index < -0.39 is 0 Å². The van der Waals surface area contributed by atoms with E-state index in [1.54, 1.807) is 0 Å². The predicted molar refractivity (Wildman–Crippen MR) is 83.4 cm³/mol. The maximum atomic E-state index is 3.51. The van der Waals surface area contributed by atoms with Gasteiger partial charge in [0.05, 0.1) is 0 Å². The van der Waals surface area contributed by atoms with Gasteiger partial charge in [-0.25, -0.2) is 0 Å². The topological polar surface area (TPSA) is 12.0 Å². The van der Waals surface area contributed by atoms with E-state index >= 15 is 0 Å². The summed E-state index contributed by atoms with van der Waals surface area (Å²) in [4.78, 5) is 1.46. The Morgan fingerprint density at radius 3 is 2.67 bits per heavy atom. The van der Waals surface area contributed by atoms with E-state index in [1.807, 2.05) is 18.4 Å². The van der Waals surface area contributed by atoms with E-state index in [0.717, 1.165) is 13.0 Å². The van der Waals surface area contributed by atoms with E-state index in [0.29, 0.717) is 5.92 Å². The number of aryl methyl sites for hydroxylation is 1. The Morgan fingerprint density at radius 1 is 1.28 bits per heavy atom. The van der Waals surface area contributed by atoms with Gasteiger partial charge in [0, 0.05) is 21.3 Å². The van der Waals surface area contributed by atoms with Crippen molar-refractivity contribution in [2.75, 3.05) is 13.6 Å². The molecule has 18 heavy (non-hydrogen) atoms. The third-order valence-electron chi connectivity index (χ3n) is 3.08. The van der Waals surface area contributed by atoms with Crippen molar-refractivity contribution in [3.63, 3.8) is 0 Å². The monoisotopic (exact) mass is 323 g/mol. The molecule has 1 nitrogen and oxygen atoms in total. The van der Waals surface area contributed by atoms with Gasteiger partial charge in [0.2, 0.25) is 0 Å². The molecule has 0 spiro atoms. The van der Waals surface area contributed by atoms with Crippen molar-refractivity contribution in [2.24, 2.45) is 0 Å². The normalized spacial score (nSPS) is 12.6. The van der Waals surface area contributed by atoms with Crippen LogP contribution in [0, 0.1) is 0 Å². The van der Waals surface area contributed by atoms with Crippen LogP contribution in [0.3, 0.4) is 0 Å². The molecule has 0 aliphatic heterocycles. The van der Waals surface area contributed by atoms with Crippen molar-refractivity contribution < 1.29 is 0 Å². The number of halogens is 1. The lowest BCUT2D eigenvalue weighted by Gasteiger charge is -2.16. The number of likely N-dealkylation sites (N-methyl/N-ethyl adjacent to an activating group) is 1. The number of nitrogens with one attached hydrogen (secondary N) is 1. The molecule has 2 aromatic rings. The number of hydrogen-bond donors (Lipinski definition) is 1. The number of thiophene rings is 1. The van der Waals surface area contributed by atoms with E-state index in [4.69, 9.17) is 0 Å². The van der Waals surface area contributed by atoms with Crippen LogP contribution in [-0.4, -0.2) is 13.6 Å². The van der Waals surface area contributed by atoms with Gasteiger partial charge in [-0.2, -0.15) is 0 Å². The molecule has 1 atom stereocenters. The first-order valence-corrected chi connectivity index (χ1v) is 7.89. The first kappa shape index (κ1) is 13.8. The predicted octanol–water partition coefficient (Wildman–Crippen LogP) is 4.45. The van der Waals surface area contributed by atoms with Gasteiger partial charge >= 0.3 is 0 Å². The SMILES string of the molecule is CNCC(CCc1cc(Br)cs1)c1ccccc1. The van der Waals surface area contributed by atoms with Gasteiger partial charge in [-0.05, 0) is 53.4 Å². The minimum Gasteiger partial charge on any atom is -0.319 e. The molecule has 1 aromatic carbocycles. The van der Waals surface area contributed by atoms with Crippen molar-refractivity contribution in [2.45, 2.75) is 18.8 Å². The van der Waals surface area contributed by atoms with Gasteiger partial charge in [0.15, 0.2) is 0 Å². The lowest BCUT2D eigenvalue weighted by molar-refractivity contribution is 0.586. The van der Waals surface area contributed by atoms with Crippen LogP contribution >= 0.6 is 27.3 Å². The van der Waals surface area contributed by atoms with Crippen LogP contribution in [-0.2, 0) is 6.42 Å². The Labute approximate surface area is 121 Å². The van der Waals surface area contributed by atoms with Gasteiger partial charge in [-0.1, -0.05) is 30.3 Å². The van der Waals surface area contributed by atoms with Crippen molar-refractivity contribution in [1.82, 2.24) is 5.32 Å². The number of benzene rings is 1. The average Bonchev–Trinajstić information content (AvgIpc) is 2.81. The van der Waals surface area contributed by atoms with Crippen LogP contribution in [0.2, 0.25) is 0 Å². The fourth-order valence-corrected chi connectivity index (χ4v) is 3.63. The van der Waals surface area contributed by atoms with Crippen LogP contribution in [0.4, 0.5) is 0 Å². The fraction of sp³-hybridized carbons (Fsp3) is 0.333. The Hall–Kier alpha value is -0.640. The standard InChI is InChI=1S/C15H18BrNS/c1-17-10-13(12-5-3-2-4-6-12)7-8-15-9-14(16)11-18-15/h2-6,9,11,13,17H,7-8,10H2,1H3. The van der Waals surface area contributed by atoms with Crippen LogP contribution < -0.4 is 5.32 Å². The third kappa shape index (κ3) is 3.94.